The van der Waals surface area contributed by atoms with Crippen LogP contribution in [-0.2, 0) is 12.8 Å². The molecule has 0 aliphatic rings. The predicted octanol–water partition coefficient (Wildman–Crippen LogP) is 3.07. The third-order valence-electron chi connectivity index (χ3n) is 2.68. The minimum atomic E-state index is 0.0200. The molecule has 1 aromatic carbocycles. The lowest BCUT2D eigenvalue weighted by Crippen LogP contribution is -2.01. The Balaban J connectivity index is 2.04. The summed E-state index contributed by atoms with van der Waals surface area (Å²) < 4.78 is 0. The van der Waals surface area contributed by atoms with Crippen molar-refractivity contribution in [2.24, 2.45) is 0 Å². The number of aromatic nitrogens is 1. The number of rotatable bonds is 4. The fraction of sp³-hybridized carbons (Fsp3) is 0.200. The molecule has 0 radical (unpaired) electrons. The molecule has 2 heteroatoms. The van der Waals surface area contributed by atoms with E-state index in [1.165, 1.54) is 5.56 Å². The number of pyridine rings is 1. The number of carbonyl (C=O) groups excluding carboxylic acids is 1. The normalized spacial score (nSPS) is 10.2. The van der Waals surface area contributed by atoms with Crippen molar-refractivity contribution in [1.82, 2.24) is 4.98 Å². The minimum Gasteiger partial charge on any atom is -0.293 e. The van der Waals surface area contributed by atoms with E-state index in [0.29, 0.717) is 5.69 Å². The third-order valence-corrected chi connectivity index (χ3v) is 2.68. The lowest BCUT2D eigenvalue weighted by molar-refractivity contribution is 0.101. The zero-order valence-corrected chi connectivity index (χ0v) is 9.89. The van der Waals surface area contributed by atoms with E-state index in [1.807, 2.05) is 30.3 Å². The van der Waals surface area contributed by atoms with Crippen LogP contribution >= 0.6 is 0 Å². The van der Waals surface area contributed by atoms with E-state index in [2.05, 4.69) is 17.1 Å². The molecule has 0 N–H and O–H groups in total. The van der Waals surface area contributed by atoms with E-state index >= 15 is 0 Å². The summed E-state index contributed by atoms with van der Waals surface area (Å²) >= 11 is 0. The van der Waals surface area contributed by atoms with Gasteiger partial charge in [0, 0.05) is 12.6 Å². The first kappa shape index (κ1) is 11.5. The Bertz CT molecular complexity index is 505. The molecule has 2 nitrogen and oxygen atoms in total. The van der Waals surface area contributed by atoms with E-state index in [4.69, 9.17) is 0 Å². The number of carbonyl (C=O) groups is 1. The van der Waals surface area contributed by atoms with Crippen LogP contribution in [0.3, 0.4) is 0 Å². The minimum absolute atomic E-state index is 0.0200. The maximum atomic E-state index is 11.2. The second kappa shape index (κ2) is 5.39. The third kappa shape index (κ3) is 3.25. The SMILES string of the molecule is CC(=O)c1cccc(CCc2ccccc2)n1. The molecular formula is C15H15NO. The molecule has 0 amide bonds. The highest BCUT2D eigenvalue weighted by Gasteiger charge is 2.02. The Hall–Kier alpha value is -1.96. The maximum absolute atomic E-state index is 11.2. The molecule has 1 heterocycles. The lowest BCUT2D eigenvalue weighted by atomic mass is 10.1. The first-order chi connectivity index (χ1) is 8.25. The Morgan fingerprint density at radius 3 is 2.47 bits per heavy atom. The summed E-state index contributed by atoms with van der Waals surface area (Å²) in [6, 6.07) is 15.9. The van der Waals surface area contributed by atoms with Gasteiger partial charge in [-0.1, -0.05) is 36.4 Å². The number of nitrogens with zero attached hydrogens (tertiary/aromatic N) is 1. The van der Waals surface area contributed by atoms with Crippen LogP contribution in [0.25, 0.3) is 0 Å². The first-order valence-corrected chi connectivity index (χ1v) is 5.76. The van der Waals surface area contributed by atoms with Crippen molar-refractivity contribution in [3.8, 4) is 0 Å². The number of hydrogen-bond acceptors (Lipinski definition) is 2. The highest BCUT2D eigenvalue weighted by Crippen LogP contribution is 2.06. The Labute approximate surface area is 101 Å². The van der Waals surface area contributed by atoms with Gasteiger partial charge in [-0.25, -0.2) is 4.98 Å². The molecule has 0 saturated carbocycles. The Kier molecular flexibility index (Phi) is 3.66. The summed E-state index contributed by atoms with van der Waals surface area (Å²) in [6.45, 7) is 1.54. The van der Waals surface area contributed by atoms with E-state index in [0.717, 1.165) is 18.5 Å². The molecule has 1 aromatic heterocycles. The average molecular weight is 225 g/mol. The molecule has 2 rings (SSSR count). The van der Waals surface area contributed by atoms with Crippen molar-refractivity contribution in [3.05, 3.63) is 65.5 Å². The molecule has 86 valence electrons. The molecule has 2 aromatic rings. The van der Waals surface area contributed by atoms with Gasteiger partial charge < -0.3 is 0 Å². The summed E-state index contributed by atoms with van der Waals surface area (Å²) in [4.78, 5) is 15.5. The molecule has 0 spiro atoms. The standard InChI is InChI=1S/C15H15NO/c1-12(17)15-9-5-8-14(16-15)11-10-13-6-3-2-4-7-13/h2-9H,10-11H2,1H3. The van der Waals surface area contributed by atoms with Crippen LogP contribution in [0.15, 0.2) is 48.5 Å². The van der Waals surface area contributed by atoms with Crippen LogP contribution in [0.1, 0.15) is 28.7 Å². The summed E-state index contributed by atoms with van der Waals surface area (Å²) in [6.07, 6.45) is 1.82. The van der Waals surface area contributed by atoms with Gasteiger partial charge in [-0.15, -0.1) is 0 Å². The lowest BCUT2D eigenvalue weighted by Gasteiger charge is -2.02. The summed E-state index contributed by atoms with van der Waals surface area (Å²) in [5.41, 5.74) is 2.82. The van der Waals surface area contributed by atoms with Gasteiger partial charge in [0.05, 0.1) is 0 Å². The van der Waals surface area contributed by atoms with Gasteiger partial charge in [-0.05, 0) is 30.5 Å². The van der Waals surface area contributed by atoms with Crippen LogP contribution in [0, 0.1) is 0 Å². The molecule has 0 bridgehead atoms. The summed E-state index contributed by atoms with van der Waals surface area (Å²) in [7, 11) is 0. The van der Waals surface area contributed by atoms with E-state index in [1.54, 1.807) is 13.0 Å². The van der Waals surface area contributed by atoms with Gasteiger partial charge in [0.25, 0.3) is 0 Å². The second-order valence-electron chi connectivity index (χ2n) is 4.06. The molecule has 0 unspecified atom stereocenters. The van der Waals surface area contributed by atoms with Crippen LogP contribution < -0.4 is 0 Å². The highest BCUT2D eigenvalue weighted by molar-refractivity contribution is 5.92. The van der Waals surface area contributed by atoms with E-state index < -0.39 is 0 Å². The van der Waals surface area contributed by atoms with Gasteiger partial charge in [0.2, 0.25) is 0 Å². The average Bonchev–Trinajstić information content (AvgIpc) is 2.38. The molecule has 0 fully saturated rings. The van der Waals surface area contributed by atoms with Crippen molar-refractivity contribution in [2.75, 3.05) is 0 Å². The van der Waals surface area contributed by atoms with Gasteiger partial charge >= 0.3 is 0 Å². The maximum Gasteiger partial charge on any atom is 0.178 e. The molecular weight excluding hydrogens is 210 g/mol. The summed E-state index contributed by atoms with van der Waals surface area (Å²) in [5.74, 6) is 0.0200. The summed E-state index contributed by atoms with van der Waals surface area (Å²) in [5, 5.41) is 0. The van der Waals surface area contributed by atoms with Gasteiger partial charge in [0.15, 0.2) is 5.78 Å². The number of aryl methyl sites for hydroxylation is 2. The number of ketones is 1. The smallest absolute Gasteiger partial charge is 0.178 e. The number of benzene rings is 1. The van der Waals surface area contributed by atoms with Crippen LogP contribution in [-0.4, -0.2) is 10.8 Å². The van der Waals surface area contributed by atoms with Crippen molar-refractivity contribution in [1.29, 1.82) is 0 Å². The Morgan fingerprint density at radius 1 is 1.00 bits per heavy atom. The quantitative estimate of drug-likeness (QED) is 0.748. The largest absolute Gasteiger partial charge is 0.293 e. The van der Waals surface area contributed by atoms with Crippen molar-refractivity contribution >= 4 is 5.78 Å². The van der Waals surface area contributed by atoms with E-state index in [-0.39, 0.29) is 5.78 Å². The number of Topliss-reactive ketones (excluding diaryl/α,β-unsaturated/α-hetero) is 1. The van der Waals surface area contributed by atoms with E-state index in [9.17, 15) is 4.79 Å². The van der Waals surface area contributed by atoms with Gasteiger partial charge in [-0.3, -0.25) is 4.79 Å². The highest BCUT2D eigenvalue weighted by atomic mass is 16.1. The molecule has 0 saturated heterocycles. The van der Waals surface area contributed by atoms with Gasteiger partial charge in [-0.2, -0.15) is 0 Å². The molecule has 0 atom stereocenters. The zero-order chi connectivity index (χ0) is 12.1. The fourth-order valence-electron chi connectivity index (χ4n) is 1.73. The predicted molar refractivity (Wildman–Crippen MR) is 68.1 cm³/mol. The molecule has 0 aliphatic carbocycles. The fourth-order valence-corrected chi connectivity index (χ4v) is 1.73. The number of hydrogen-bond donors (Lipinski definition) is 0. The monoisotopic (exact) mass is 225 g/mol. The van der Waals surface area contributed by atoms with Crippen molar-refractivity contribution in [3.63, 3.8) is 0 Å². The van der Waals surface area contributed by atoms with Crippen LogP contribution in [0.4, 0.5) is 0 Å². The Morgan fingerprint density at radius 2 is 1.76 bits per heavy atom. The van der Waals surface area contributed by atoms with Crippen molar-refractivity contribution in [2.45, 2.75) is 19.8 Å². The van der Waals surface area contributed by atoms with Gasteiger partial charge in [0.1, 0.15) is 5.69 Å². The first-order valence-electron chi connectivity index (χ1n) is 5.76. The van der Waals surface area contributed by atoms with Crippen LogP contribution in [0.2, 0.25) is 0 Å². The van der Waals surface area contributed by atoms with Crippen molar-refractivity contribution < 1.29 is 4.79 Å². The zero-order valence-electron chi connectivity index (χ0n) is 9.89. The van der Waals surface area contributed by atoms with Crippen LogP contribution in [0.5, 0.6) is 0 Å². The molecule has 0 aliphatic heterocycles. The topological polar surface area (TPSA) is 30.0 Å². The molecule has 17 heavy (non-hydrogen) atoms. The second-order valence-corrected chi connectivity index (χ2v) is 4.06.